The molecule has 1 saturated heterocycles. The molecule has 14 heavy (non-hydrogen) atoms. The minimum absolute atomic E-state index is 0. The van der Waals surface area contributed by atoms with Gasteiger partial charge in [0.25, 0.3) is 0 Å². The lowest BCUT2D eigenvalue weighted by Crippen LogP contribution is -2.39. The second kappa shape index (κ2) is 4.65. The largest absolute Gasteiger partial charge is 0.327 e. The first-order valence-electron chi connectivity index (χ1n) is 5.36. The van der Waals surface area contributed by atoms with Crippen LogP contribution in [0.1, 0.15) is 25.7 Å². The molecule has 0 radical (unpaired) electrons. The van der Waals surface area contributed by atoms with Crippen molar-refractivity contribution in [1.82, 2.24) is 4.90 Å². The van der Waals surface area contributed by atoms with Crippen molar-refractivity contribution in [3.8, 4) is 0 Å². The van der Waals surface area contributed by atoms with Gasteiger partial charge in [-0.05, 0) is 31.2 Å². The monoisotopic (exact) mass is 216 g/mol. The van der Waals surface area contributed by atoms with Gasteiger partial charge in [0.15, 0.2) is 0 Å². The van der Waals surface area contributed by atoms with Gasteiger partial charge in [0.05, 0.1) is 0 Å². The highest BCUT2D eigenvalue weighted by atomic mass is 35.5. The van der Waals surface area contributed by atoms with Crippen LogP contribution in [0.3, 0.4) is 0 Å². The Balaban J connectivity index is 0.000000980. The number of nitrogens with two attached hydrogens (primary N) is 1. The average Bonchev–Trinajstić information content (AvgIpc) is 2.64. The van der Waals surface area contributed by atoms with Crippen LogP contribution < -0.4 is 5.73 Å². The second-order valence-corrected chi connectivity index (χ2v) is 4.63. The quantitative estimate of drug-likeness (QED) is 0.714. The molecule has 1 aliphatic heterocycles. The summed E-state index contributed by atoms with van der Waals surface area (Å²) in [7, 11) is 0. The number of nitrogens with zero attached hydrogens (tertiary/aromatic N) is 1. The number of halogens is 1. The summed E-state index contributed by atoms with van der Waals surface area (Å²) in [4.78, 5) is 2.48. The van der Waals surface area contributed by atoms with E-state index in [-0.39, 0.29) is 12.4 Å². The maximum Gasteiger partial charge on any atom is 0.0160 e. The highest BCUT2D eigenvalue weighted by molar-refractivity contribution is 5.85. The Morgan fingerprint density at radius 3 is 2.86 bits per heavy atom. The predicted octanol–water partition coefficient (Wildman–Crippen LogP) is 1.80. The van der Waals surface area contributed by atoms with Crippen molar-refractivity contribution in [2.24, 2.45) is 11.1 Å². The molecule has 2 fully saturated rings. The van der Waals surface area contributed by atoms with E-state index in [0.29, 0.717) is 11.5 Å². The minimum Gasteiger partial charge on any atom is -0.327 e. The smallest absolute Gasteiger partial charge is 0.0160 e. The van der Waals surface area contributed by atoms with Gasteiger partial charge in [-0.15, -0.1) is 19.0 Å². The zero-order chi connectivity index (χ0) is 9.31. The highest BCUT2D eigenvalue weighted by Gasteiger charge is 2.45. The van der Waals surface area contributed by atoms with Crippen molar-refractivity contribution in [2.45, 2.75) is 31.7 Å². The SMILES string of the molecule is C=CCN1CCC2(CCCC2N)C1.Cl. The third kappa shape index (κ3) is 1.97. The van der Waals surface area contributed by atoms with Crippen molar-refractivity contribution < 1.29 is 0 Å². The van der Waals surface area contributed by atoms with Gasteiger partial charge in [-0.2, -0.15) is 0 Å². The summed E-state index contributed by atoms with van der Waals surface area (Å²) in [5.41, 5.74) is 6.66. The Morgan fingerprint density at radius 2 is 2.29 bits per heavy atom. The van der Waals surface area contributed by atoms with Crippen LogP contribution in [0, 0.1) is 5.41 Å². The molecule has 2 atom stereocenters. The van der Waals surface area contributed by atoms with E-state index in [1.807, 2.05) is 6.08 Å². The highest BCUT2D eigenvalue weighted by Crippen LogP contribution is 2.44. The van der Waals surface area contributed by atoms with Crippen LogP contribution in [0.15, 0.2) is 12.7 Å². The summed E-state index contributed by atoms with van der Waals surface area (Å²) in [5.74, 6) is 0. The van der Waals surface area contributed by atoms with Crippen molar-refractivity contribution in [3.05, 3.63) is 12.7 Å². The summed E-state index contributed by atoms with van der Waals surface area (Å²) >= 11 is 0. The molecule has 0 aromatic carbocycles. The Bertz CT molecular complexity index is 207. The van der Waals surface area contributed by atoms with Gasteiger partial charge >= 0.3 is 0 Å². The molecule has 3 heteroatoms. The molecule has 0 aromatic rings. The summed E-state index contributed by atoms with van der Waals surface area (Å²) < 4.78 is 0. The van der Waals surface area contributed by atoms with Crippen molar-refractivity contribution in [2.75, 3.05) is 19.6 Å². The molecule has 2 unspecified atom stereocenters. The molecule has 82 valence electrons. The fraction of sp³-hybridized carbons (Fsp3) is 0.818. The van der Waals surface area contributed by atoms with Crippen LogP contribution in [0.4, 0.5) is 0 Å². The third-order valence-electron chi connectivity index (χ3n) is 3.83. The normalized spacial score (nSPS) is 37.4. The van der Waals surface area contributed by atoms with E-state index < -0.39 is 0 Å². The van der Waals surface area contributed by atoms with E-state index in [1.165, 1.54) is 38.8 Å². The zero-order valence-electron chi connectivity index (χ0n) is 8.74. The van der Waals surface area contributed by atoms with Crippen LogP contribution in [-0.2, 0) is 0 Å². The fourth-order valence-electron chi connectivity index (χ4n) is 2.99. The molecule has 2 N–H and O–H groups in total. The van der Waals surface area contributed by atoms with E-state index in [9.17, 15) is 0 Å². The van der Waals surface area contributed by atoms with Crippen LogP contribution in [-0.4, -0.2) is 30.6 Å². The van der Waals surface area contributed by atoms with Crippen LogP contribution in [0.5, 0.6) is 0 Å². The molecule has 0 aromatic heterocycles. The number of hydrogen-bond acceptors (Lipinski definition) is 2. The van der Waals surface area contributed by atoms with Crippen molar-refractivity contribution >= 4 is 12.4 Å². The summed E-state index contributed by atoms with van der Waals surface area (Å²) in [5, 5.41) is 0. The molecule has 0 bridgehead atoms. The lowest BCUT2D eigenvalue weighted by atomic mass is 9.82. The molecule has 2 aliphatic rings. The Kier molecular flexibility index (Phi) is 3.99. The third-order valence-corrected chi connectivity index (χ3v) is 3.83. The lowest BCUT2D eigenvalue weighted by Gasteiger charge is -2.28. The van der Waals surface area contributed by atoms with E-state index in [4.69, 9.17) is 5.73 Å². The van der Waals surface area contributed by atoms with E-state index in [1.54, 1.807) is 0 Å². The minimum atomic E-state index is 0. The Hall–Kier alpha value is -0.0500. The summed E-state index contributed by atoms with van der Waals surface area (Å²) in [6.07, 6.45) is 7.23. The van der Waals surface area contributed by atoms with Crippen molar-refractivity contribution in [3.63, 3.8) is 0 Å². The fourth-order valence-corrected chi connectivity index (χ4v) is 2.99. The Labute approximate surface area is 92.9 Å². The second-order valence-electron chi connectivity index (χ2n) is 4.63. The van der Waals surface area contributed by atoms with E-state index >= 15 is 0 Å². The maximum absolute atomic E-state index is 6.18. The van der Waals surface area contributed by atoms with Gasteiger partial charge in [-0.1, -0.05) is 12.5 Å². The first-order valence-corrected chi connectivity index (χ1v) is 5.36. The lowest BCUT2D eigenvalue weighted by molar-refractivity contribution is 0.249. The zero-order valence-corrected chi connectivity index (χ0v) is 9.56. The van der Waals surface area contributed by atoms with Gasteiger partial charge < -0.3 is 5.73 Å². The first kappa shape index (κ1) is 12.0. The topological polar surface area (TPSA) is 29.3 Å². The van der Waals surface area contributed by atoms with Crippen LogP contribution in [0.2, 0.25) is 0 Å². The van der Waals surface area contributed by atoms with Gasteiger partial charge in [-0.3, -0.25) is 4.90 Å². The molecule has 1 aliphatic carbocycles. The van der Waals surface area contributed by atoms with Crippen LogP contribution >= 0.6 is 12.4 Å². The molecule has 0 amide bonds. The van der Waals surface area contributed by atoms with Gasteiger partial charge in [0.1, 0.15) is 0 Å². The van der Waals surface area contributed by atoms with Crippen molar-refractivity contribution in [1.29, 1.82) is 0 Å². The number of hydrogen-bond donors (Lipinski definition) is 1. The molecule has 1 saturated carbocycles. The molecule has 2 nitrogen and oxygen atoms in total. The van der Waals surface area contributed by atoms with E-state index in [2.05, 4.69) is 11.5 Å². The Morgan fingerprint density at radius 1 is 1.50 bits per heavy atom. The molecular formula is C11H21ClN2. The van der Waals surface area contributed by atoms with E-state index in [0.717, 1.165) is 6.54 Å². The van der Waals surface area contributed by atoms with Crippen LogP contribution in [0.25, 0.3) is 0 Å². The first-order chi connectivity index (χ1) is 6.27. The van der Waals surface area contributed by atoms with Gasteiger partial charge in [0.2, 0.25) is 0 Å². The molecule has 1 spiro atoms. The maximum atomic E-state index is 6.18. The summed E-state index contributed by atoms with van der Waals surface area (Å²) in [6.45, 7) is 7.25. The van der Waals surface area contributed by atoms with Gasteiger partial charge in [0, 0.05) is 19.1 Å². The molecule has 1 heterocycles. The standard InChI is InChI=1S/C11H20N2.ClH/c1-2-7-13-8-6-11(9-13)5-3-4-10(11)12;/h2,10H,1,3-9,12H2;1H. The van der Waals surface area contributed by atoms with Gasteiger partial charge in [-0.25, -0.2) is 0 Å². The average molecular weight is 217 g/mol. The number of rotatable bonds is 2. The molecular weight excluding hydrogens is 196 g/mol. The number of likely N-dealkylation sites (tertiary alicyclic amines) is 1. The summed E-state index contributed by atoms with van der Waals surface area (Å²) in [6, 6.07) is 0.460. The molecule has 2 rings (SSSR count). The predicted molar refractivity (Wildman–Crippen MR) is 62.8 cm³/mol.